The van der Waals surface area contributed by atoms with Gasteiger partial charge in [-0.3, -0.25) is 4.79 Å². The van der Waals surface area contributed by atoms with E-state index in [1.54, 1.807) is 30.5 Å². The van der Waals surface area contributed by atoms with E-state index in [1.807, 2.05) is 6.92 Å². The number of amides is 1. The molecule has 2 N–H and O–H groups in total. The van der Waals surface area contributed by atoms with Gasteiger partial charge in [0.1, 0.15) is 11.9 Å². The second kappa shape index (κ2) is 10.1. The third kappa shape index (κ3) is 5.73. The van der Waals surface area contributed by atoms with Crippen molar-refractivity contribution in [3.05, 3.63) is 65.1 Å². The zero-order valence-corrected chi connectivity index (χ0v) is 18.7. The maximum Gasteiger partial charge on any atom is 0.435 e. The van der Waals surface area contributed by atoms with Crippen LogP contribution in [0.4, 0.5) is 24.7 Å². The molecule has 0 unspecified atom stereocenters. The predicted octanol–water partition coefficient (Wildman–Crippen LogP) is 4.58. The molecule has 4 rings (SSSR count). The Kier molecular flexibility index (Phi) is 6.93. The Balaban J connectivity index is 1.56. The van der Waals surface area contributed by atoms with E-state index in [2.05, 4.69) is 31.9 Å². The second-order valence-electron chi connectivity index (χ2n) is 8.07. The van der Waals surface area contributed by atoms with Crippen LogP contribution in [-0.4, -0.2) is 40.3 Å². The quantitative estimate of drug-likeness (QED) is 0.547. The minimum atomic E-state index is -4.71. The molecule has 11 heteroatoms. The number of halogens is 3. The summed E-state index contributed by atoms with van der Waals surface area (Å²) in [6, 6.07) is 9.78. The van der Waals surface area contributed by atoms with E-state index in [4.69, 9.17) is 4.74 Å². The summed E-state index contributed by atoms with van der Waals surface area (Å²) in [7, 11) is 0. The van der Waals surface area contributed by atoms with E-state index < -0.39 is 17.8 Å². The number of ether oxygens (including phenoxy) is 1. The number of benzene rings is 1. The predicted molar refractivity (Wildman–Crippen MR) is 122 cm³/mol. The highest BCUT2D eigenvalue weighted by molar-refractivity contribution is 6.04. The van der Waals surface area contributed by atoms with Crippen molar-refractivity contribution in [3.8, 4) is 17.2 Å². The van der Waals surface area contributed by atoms with Crippen LogP contribution < -0.4 is 10.6 Å². The highest BCUT2D eigenvalue weighted by Crippen LogP contribution is 2.30. The van der Waals surface area contributed by atoms with Crippen molar-refractivity contribution in [2.45, 2.75) is 32.0 Å². The summed E-state index contributed by atoms with van der Waals surface area (Å²) in [5, 5.41) is 21.9. The van der Waals surface area contributed by atoms with E-state index in [9.17, 15) is 23.2 Å². The molecular weight excluding hydrogens is 461 g/mol. The Labute approximate surface area is 199 Å². The second-order valence-corrected chi connectivity index (χ2v) is 8.07. The Morgan fingerprint density at radius 3 is 2.66 bits per heavy atom. The first-order chi connectivity index (χ1) is 16.7. The van der Waals surface area contributed by atoms with Crippen LogP contribution in [0.15, 0.2) is 42.7 Å². The van der Waals surface area contributed by atoms with Gasteiger partial charge < -0.3 is 15.4 Å². The van der Waals surface area contributed by atoms with E-state index >= 15 is 0 Å². The van der Waals surface area contributed by atoms with Crippen molar-refractivity contribution in [3.63, 3.8) is 0 Å². The summed E-state index contributed by atoms with van der Waals surface area (Å²) < 4.78 is 44.0. The first-order valence-corrected chi connectivity index (χ1v) is 10.8. The first-order valence-electron chi connectivity index (χ1n) is 10.8. The van der Waals surface area contributed by atoms with E-state index in [0.717, 1.165) is 24.6 Å². The minimum absolute atomic E-state index is 0.176. The van der Waals surface area contributed by atoms with Gasteiger partial charge in [0, 0.05) is 36.7 Å². The molecule has 3 heterocycles. The average Bonchev–Trinajstić information content (AvgIpc) is 2.85. The largest absolute Gasteiger partial charge is 0.435 e. The number of nitriles is 1. The Hall–Kier alpha value is -4.04. The summed E-state index contributed by atoms with van der Waals surface area (Å²) in [5.41, 5.74) is 1.47. The fraction of sp³-hybridized carbons (Fsp3) is 0.292. The standard InChI is InChI=1S/C24H21F3N6O2/c1-14-2-3-19(32-23(34)17-9-21(24(25,26)27)33-30-13-17)10-20(14)16-8-15(11-28)22(29-12-16)31-18-4-6-35-7-5-18/h2-3,8-10,12-13,18H,4-7H2,1H3,(H,29,31)(H,32,34). The van der Waals surface area contributed by atoms with Crippen LogP contribution in [0.1, 0.15) is 40.0 Å². The van der Waals surface area contributed by atoms with E-state index in [-0.39, 0.29) is 11.6 Å². The number of rotatable bonds is 5. The Morgan fingerprint density at radius 1 is 1.17 bits per heavy atom. The number of carbonyl (C=O) groups excluding carboxylic acids is 1. The van der Waals surface area contributed by atoms with Crippen LogP contribution in [-0.2, 0) is 10.9 Å². The maximum atomic E-state index is 12.9. The first kappa shape index (κ1) is 24.1. The maximum absolute atomic E-state index is 12.9. The van der Waals surface area contributed by atoms with Crippen molar-refractivity contribution < 1.29 is 22.7 Å². The number of nitrogens with one attached hydrogen (secondary N) is 2. The van der Waals surface area contributed by atoms with Gasteiger partial charge in [0.15, 0.2) is 5.69 Å². The summed E-state index contributed by atoms with van der Waals surface area (Å²) in [4.78, 5) is 17.0. The molecule has 0 atom stereocenters. The van der Waals surface area contributed by atoms with Crippen LogP contribution in [0.5, 0.6) is 0 Å². The molecule has 35 heavy (non-hydrogen) atoms. The molecule has 1 aliphatic heterocycles. The third-order valence-electron chi connectivity index (χ3n) is 5.58. The van der Waals surface area contributed by atoms with Gasteiger partial charge in [-0.1, -0.05) is 6.07 Å². The minimum Gasteiger partial charge on any atom is -0.381 e. The lowest BCUT2D eigenvalue weighted by molar-refractivity contribution is -0.141. The normalized spacial score (nSPS) is 14.3. The van der Waals surface area contributed by atoms with Crippen LogP contribution in [0, 0.1) is 18.3 Å². The van der Waals surface area contributed by atoms with Crippen molar-refractivity contribution >= 4 is 17.4 Å². The van der Waals surface area contributed by atoms with E-state index in [1.165, 1.54) is 0 Å². The molecule has 0 saturated carbocycles. The van der Waals surface area contributed by atoms with Gasteiger partial charge in [-0.15, -0.1) is 5.10 Å². The number of carbonyl (C=O) groups is 1. The summed E-state index contributed by atoms with van der Waals surface area (Å²) in [5.74, 6) is -0.261. The molecule has 3 aromatic rings. The highest BCUT2D eigenvalue weighted by atomic mass is 19.4. The summed E-state index contributed by atoms with van der Waals surface area (Å²) in [6.07, 6.45) is -0.456. The lowest BCUT2D eigenvalue weighted by Crippen LogP contribution is -2.28. The molecular formula is C24H21F3N6O2. The lowest BCUT2D eigenvalue weighted by atomic mass is 9.99. The molecule has 1 saturated heterocycles. The molecule has 0 spiro atoms. The molecule has 1 amide bonds. The van der Waals surface area contributed by atoms with Gasteiger partial charge in [0.25, 0.3) is 5.91 Å². The number of nitrogens with zero attached hydrogens (tertiary/aromatic N) is 4. The third-order valence-corrected chi connectivity index (χ3v) is 5.58. The summed E-state index contributed by atoms with van der Waals surface area (Å²) >= 11 is 0. The average molecular weight is 482 g/mol. The van der Waals surface area contributed by atoms with Crippen molar-refractivity contribution in [1.29, 1.82) is 5.26 Å². The molecule has 8 nitrogen and oxygen atoms in total. The molecule has 2 aromatic heterocycles. The van der Waals surface area contributed by atoms with Crippen molar-refractivity contribution in [2.24, 2.45) is 0 Å². The van der Waals surface area contributed by atoms with Crippen LogP contribution >= 0.6 is 0 Å². The van der Waals surface area contributed by atoms with Gasteiger partial charge in [0.2, 0.25) is 0 Å². The molecule has 1 aromatic carbocycles. The number of aromatic nitrogens is 3. The number of alkyl halides is 3. The molecule has 0 bridgehead atoms. The number of hydrogen-bond donors (Lipinski definition) is 2. The van der Waals surface area contributed by atoms with Gasteiger partial charge >= 0.3 is 6.18 Å². The fourth-order valence-electron chi connectivity index (χ4n) is 3.69. The highest BCUT2D eigenvalue weighted by Gasteiger charge is 2.33. The Bertz CT molecular complexity index is 1280. The van der Waals surface area contributed by atoms with Crippen molar-refractivity contribution in [1.82, 2.24) is 15.2 Å². The van der Waals surface area contributed by atoms with E-state index in [0.29, 0.717) is 47.5 Å². The fourth-order valence-corrected chi connectivity index (χ4v) is 3.69. The topological polar surface area (TPSA) is 113 Å². The van der Waals surface area contributed by atoms with Crippen LogP contribution in [0.2, 0.25) is 0 Å². The zero-order chi connectivity index (χ0) is 25.0. The lowest BCUT2D eigenvalue weighted by Gasteiger charge is -2.24. The van der Waals surface area contributed by atoms with Crippen molar-refractivity contribution in [2.75, 3.05) is 23.8 Å². The smallest absolute Gasteiger partial charge is 0.381 e. The summed E-state index contributed by atoms with van der Waals surface area (Å²) in [6.45, 7) is 3.18. The SMILES string of the molecule is Cc1ccc(NC(=O)c2cnnc(C(F)(F)F)c2)cc1-c1cnc(NC2CCOCC2)c(C#N)c1. The number of pyridine rings is 1. The molecule has 1 fully saturated rings. The molecule has 0 radical (unpaired) electrons. The number of aryl methyl sites for hydroxylation is 1. The molecule has 180 valence electrons. The van der Waals surface area contributed by atoms with Gasteiger partial charge in [-0.25, -0.2) is 4.98 Å². The molecule has 0 aliphatic carbocycles. The van der Waals surface area contributed by atoms with Gasteiger partial charge in [-0.05, 0) is 55.2 Å². The zero-order valence-electron chi connectivity index (χ0n) is 18.7. The monoisotopic (exact) mass is 482 g/mol. The molecule has 1 aliphatic rings. The van der Waals surface area contributed by atoms with Crippen LogP contribution in [0.3, 0.4) is 0 Å². The van der Waals surface area contributed by atoms with Crippen LogP contribution in [0.25, 0.3) is 11.1 Å². The Morgan fingerprint density at radius 2 is 1.94 bits per heavy atom. The van der Waals surface area contributed by atoms with Gasteiger partial charge in [-0.2, -0.15) is 23.5 Å². The van der Waals surface area contributed by atoms with Gasteiger partial charge in [0.05, 0.1) is 17.3 Å². The number of anilines is 2. The number of hydrogen-bond acceptors (Lipinski definition) is 7.